The molecule has 0 aliphatic heterocycles. The molecule has 0 radical (unpaired) electrons. The molecule has 0 aliphatic carbocycles. The maximum atomic E-state index is 11.5. The zero-order valence-electron chi connectivity index (χ0n) is 11.2. The number of carbonyl (C=O) groups is 2. The minimum atomic E-state index is -0.559. The van der Waals surface area contributed by atoms with Gasteiger partial charge in [0.25, 0.3) is 5.91 Å². The third kappa shape index (κ3) is 5.67. The number of rotatable bonds is 5. The number of benzene rings is 1. The van der Waals surface area contributed by atoms with Gasteiger partial charge in [-0.2, -0.15) is 0 Å². The Morgan fingerprint density at radius 2 is 2.05 bits per heavy atom. The summed E-state index contributed by atoms with van der Waals surface area (Å²) in [7, 11) is 0. The van der Waals surface area contributed by atoms with E-state index in [0.717, 1.165) is 6.42 Å². The van der Waals surface area contributed by atoms with Crippen LogP contribution in [0.4, 0.5) is 4.79 Å². The van der Waals surface area contributed by atoms with Crippen LogP contribution in [0.15, 0.2) is 18.2 Å². The molecule has 0 unspecified atom stereocenters. The Morgan fingerprint density at radius 3 is 2.65 bits per heavy atom. The molecule has 0 bridgehead atoms. The molecular weight excluding hydrogens is 303 g/mol. The van der Waals surface area contributed by atoms with Crippen LogP contribution in [0, 0.1) is 0 Å². The second-order valence-corrected chi connectivity index (χ2v) is 5.04. The van der Waals surface area contributed by atoms with E-state index in [1.54, 1.807) is 12.1 Å². The first kappa shape index (κ1) is 16.6. The summed E-state index contributed by atoms with van der Waals surface area (Å²) < 4.78 is 5.20. The monoisotopic (exact) mass is 318 g/mol. The van der Waals surface area contributed by atoms with Crippen molar-refractivity contribution in [3.63, 3.8) is 0 Å². The van der Waals surface area contributed by atoms with Crippen LogP contribution in [0.3, 0.4) is 0 Å². The summed E-state index contributed by atoms with van der Waals surface area (Å²) in [4.78, 5) is 22.9. The number of urea groups is 1. The van der Waals surface area contributed by atoms with Gasteiger partial charge in [0.05, 0.1) is 5.02 Å². The van der Waals surface area contributed by atoms with Gasteiger partial charge in [0.2, 0.25) is 0 Å². The highest BCUT2D eigenvalue weighted by Crippen LogP contribution is 2.27. The third-order valence-corrected chi connectivity index (χ3v) is 3.03. The Morgan fingerprint density at radius 1 is 1.35 bits per heavy atom. The van der Waals surface area contributed by atoms with Gasteiger partial charge in [-0.05, 0) is 31.5 Å². The number of ether oxygens (including phenoxy) is 1. The first-order valence-electron chi connectivity index (χ1n) is 6.10. The van der Waals surface area contributed by atoms with Crippen LogP contribution >= 0.6 is 23.2 Å². The molecule has 20 heavy (non-hydrogen) atoms. The zero-order valence-corrected chi connectivity index (χ0v) is 12.7. The van der Waals surface area contributed by atoms with Crippen molar-refractivity contribution in [1.82, 2.24) is 10.6 Å². The van der Waals surface area contributed by atoms with Crippen LogP contribution in [0.1, 0.15) is 20.3 Å². The van der Waals surface area contributed by atoms with Crippen molar-refractivity contribution < 1.29 is 14.3 Å². The topological polar surface area (TPSA) is 67.4 Å². The number of amides is 3. The molecule has 5 nitrogen and oxygen atoms in total. The van der Waals surface area contributed by atoms with E-state index >= 15 is 0 Å². The van der Waals surface area contributed by atoms with E-state index in [1.807, 2.05) is 13.8 Å². The Bertz CT molecular complexity index is 495. The molecule has 2 N–H and O–H groups in total. The minimum absolute atomic E-state index is 0.00516. The molecule has 1 rings (SSSR count). The van der Waals surface area contributed by atoms with Gasteiger partial charge in [0.1, 0.15) is 5.75 Å². The summed E-state index contributed by atoms with van der Waals surface area (Å²) in [5.74, 6) is -0.231. The molecule has 1 atom stereocenters. The minimum Gasteiger partial charge on any atom is -0.482 e. The maximum absolute atomic E-state index is 11.5. The summed E-state index contributed by atoms with van der Waals surface area (Å²) >= 11 is 11.6. The molecule has 1 aromatic rings. The second kappa shape index (κ2) is 7.97. The lowest BCUT2D eigenvalue weighted by atomic mass is 10.3. The van der Waals surface area contributed by atoms with Gasteiger partial charge in [0.15, 0.2) is 6.61 Å². The van der Waals surface area contributed by atoms with Gasteiger partial charge in [-0.1, -0.05) is 30.1 Å². The number of hydrogen-bond donors (Lipinski definition) is 2. The summed E-state index contributed by atoms with van der Waals surface area (Å²) in [6.07, 6.45) is 0.776. The van der Waals surface area contributed by atoms with E-state index in [1.165, 1.54) is 6.07 Å². The van der Waals surface area contributed by atoms with E-state index < -0.39 is 11.9 Å². The number of hydrogen-bond acceptors (Lipinski definition) is 3. The van der Waals surface area contributed by atoms with E-state index in [2.05, 4.69) is 10.6 Å². The first-order valence-corrected chi connectivity index (χ1v) is 6.86. The summed E-state index contributed by atoms with van der Waals surface area (Å²) in [5, 5.41) is 5.54. The normalized spacial score (nSPS) is 11.6. The van der Waals surface area contributed by atoms with Gasteiger partial charge < -0.3 is 10.1 Å². The van der Waals surface area contributed by atoms with Gasteiger partial charge in [-0.3, -0.25) is 10.1 Å². The average molecular weight is 319 g/mol. The second-order valence-electron chi connectivity index (χ2n) is 4.19. The molecule has 0 heterocycles. The van der Waals surface area contributed by atoms with Crippen molar-refractivity contribution in [3.05, 3.63) is 28.2 Å². The summed E-state index contributed by atoms with van der Waals surface area (Å²) in [5.41, 5.74) is 0. The molecule has 0 aliphatic rings. The molecule has 0 aromatic heterocycles. The van der Waals surface area contributed by atoms with Crippen LogP contribution in [0.5, 0.6) is 5.75 Å². The van der Waals surface area contributed by atoms with E-state index in [0.29, 0.717) is 15.8 Å². The SMILES string of the molecule is CC[C@H](C)NC(=O)NC(=O)COc1ccc(Cl)cc1Cl. The fraction of sp³-hybridized carbons (Fsp3) is 0.385. The number of halogens is 2. The van der Waals surface area contributed by atoms with Crippen molar-refractivity contribution in [2.24, 2.45) is 0 Å². The Labute approximate surface area is 127 Å². The van der Waals surface area contributed by atoms with Crippen LogP contribution in [0.25, 0.3) is 0 Å². The standard InChI is InChI=1S/C13H16Cl2N2O3/c1-3-8(2)16-13(19)17-12(18)7-20-11-5-4-9(14)6-10(11)15/h4-6,8H,3,7H2,1-2H3,(H2,16,17,18,19)/t8-/m0/s1. The number of carbonyl (C=O) groups excluding carboxylic acids is 2. The molecule has 3 amide bonds. The lowest BCUT2D eigenvalue weighted by Gasteiger charge is -2.12. The van der Waals surface area contributed by atoms with Crippen molar-refractivity contribution in [2.75, 3.05) is 6.61 Å². The van der Waals surface area contributed by atoms with Crippen LogP contribution < -0.4 is 15.4 Å². The van der Waals surface area contributed by atoms with Gasteiger partial charge in [0, 0.05) is 11.1 Å². The highest BCUT2D eigenvalue weighted by Gasteiger charge is 2.11. The molecule has 0 saturated heterocycles. The largest absolute Gasteiger partial charge is 0.482 e. The lowest BCUT2D eigenvalue weighted by molar-refractivity contribution is -0.122. The van der Waals surface area contributed by atoms with Crippen molar-refractivity contribution in [3.8, 4) is 5.75 Å². The first-order chi connectivity index (χ1) is 9.42. The predicted molar refractivity (Wildman–Crippen MR) is 78.4 cm³/mol. The quantitative estimate of drug-likeness (QED) is 0.877. The molecule has 0 saturated carbocycles. The molecule has 110 valence electrons. The number of nitrogens with one attached hydrogen (secondary N) is 2. The van der Waals surface area contributed by atoms with Crippen molar-refractivity contribution in [1.29, 1.82) is 0 Å². The maximum Gasteiger partial charge on any atom is 0.321 e. The van der Waals surface area contributed by atoms with Gasteiger partial charge in [-0.15, -0.1) is 0 Å². The summed E-state index contributed by atoms with van der Waals surface area (Å²) in [6.45, 7) is 3.46. The Balaban J connectivity index is 2.41. The number of imide groups is 1. The van der Waals surface area contributed by atoms with Gasteiger partial charge >= 0.3 is 6.03 Å². The molecular formula is C13H16Cl2N2O3. The van der Waals surface area contributed by atoms with E-state index in [9.17, 15) is 9.59 Å². The zero-order chi connectivity index (χ0) is 15.1. The van der Waals surface area contributed by atoms with E-state index in [-0.39, 0.29) is 12.6 Å². The summed E-state index contributed by atoms with van der Waals surface area (Å²) in [6, 6.07) is 4.10. The average Bonchev–Trinajstić information content (AvgIpc) is 2.37. The van der Waals surface area contributed by atoms with Crippen LogP contribution in [-0.4, -0.2) is 24.6 Å². The highest BCUT2D eigenvalue weighted by molar-refractivity contribution is 6.35. The smallest absolute Gasteiger partial charge is 0.321 e. The molecule has 0 spiro atoms. The fourth-order valence-corrected chi connectivity index (χ4v) is 1.72. The molecule has 0 fully saturated rings. The Hall–Kier alpha value is -1.46. The van der Waals surface area contributed by atoms with Crippen LogP contribution in [0.2, 0.25) is 10.0 Å². The molecule has 1 aromatic carbocycles. The van der Waals surface area contributed by atoms with E-state index in [4.69, 9.17) is 27.9 Å². The fourth-order valence-electron chi connectivity index (χ4n) is 1.26. The molecule has 7 heteroatoms. The van der Waals surface area contributed by atoms with Gasteiger partial charge in [-0.25, -0.2) is 4.79 Å². The highest BCUT2D eigenvalue weighted by atomic mass is 35.5. The third-order valence-electron chi connectivity index (χ3n) is 2.50. The lowest BCUT2D eigenvalue weighted by Crippen LogP contribution is -2.44. The van der Waals surface area contributed by atoms with Crippen LogP contribution in [-0.2, 0) is 4.79 Å². The van der Waals surface area contributed by atoms with Crippen molar-refractivity contribution >= 4 is 35.1 Å². The van der Waals surface area contributed by atoms with Crippen molar-refractivity contribution in [2.45, 2.75) is 26.3 Å². The predicted octanol–water partition coefficient (Wildman–Crippen LogP) is 3.00. The Kier molecular flexibility index (Phi) is 6.61.